The quantitative estimate of drug-likeness (QED) is 0.897. The number of carbonyl (C=O) groups excluding carboxylic acids is 1. The fourth-order valence-electron chi connectivity index (χ4n) is 3.60. The highest BCUT2D eigenvalue weighted by molar-refractivity contribution is 5.94. The number of hydrogen-bond donors (Lipinski definition) is 1. The third-order valence-electron chi connectivity index (χ3n) is 4.83. The topological polar surface area (TPSA) is 94.5 Å². The summed E-state index contributed by atoms with van der Waals surface area (Å²) >= 11 is 0. The molecule has 7 nitrogen and oxygen atoms in total. The summed E-state index contributed by atoms with van der Waals surface area (Å²) in [6.07, 6.45) is 3.63. The van der Waals surface area contributed by atoms with Gasteiger partial charge in [0.15, 0.2) is 5.69 Å². The third kappa shape index (κ3) is 3.11. The molecule has 0 saturated carbocycles. The molecule has 3 heterocycles. The van der Waals surface area contributed by atoms with Crippen LogP contribution in [-0.4, -0.2) is 40.6 Å². The van der Waals surface area contributed by atoms with Crippen molar-refractivity contribution in [2.45, 2.75) is 38.7 Å². The molecule has 1 amide bonds. The van der Waals surface area contributed by atoms with Crippen LogP contribution in [-0.2, 0) is 17.6 Å². The zero-order valence-electron chi connectivity index (χ0n) is 14.3. The lowest BCUT2D eigenvalue weighted by Crippen LogP contribution is -2.43. The van der Waals surface area contributed by atoms with Crippen LogP contribution in [0.4, 0.5) is 5.69 Å². The molecule has 132 valence electrons. The van der Waals surface area contributed by atoms with E-state index in [-0.39, 0.29) is 12.0 Å². The molecule has 2 aromatic heterocycles. The molecule has 0 aromatic carbocycles. The van der Waals surface area contributed by atoms with Crippen molar-refractivity contribution in [3.05, 3.63) is 40.5 Å². The van der Waals surface area contributed by atoms with E-state index in [1.54, 1.807) is 4.90 Å². The normalized spacial score (nSPS) is 20.4. The molecule has 0 spiro atoms. The van der Waals surface area contributed by atoms with E-state index in [0.29, 0.717) is 31.1 Å². The van der Waals surface area contributed by atoms with Gasteiger partial charge in [0.1, 0.15) is 11.9 Å². The lowest BCUT2D eigenvalue weighted by atomic mass is 9.96. The van der Waals surface area contributed by atoms with Gasteiger partial charge in [0, 0.05) is 29.9 Å². The van der Waals surface area contributed by atoms with Gasteiger partial charge in [-0.25, -0.2) is 0 Å². The number of nitrogens with two attached hydrogens (primary N) is 1. The van der Waals surface area contributed by atoms with Crippen molar-refractivity contribution >= 4 is 11.6 Å². The molecule has 0 bridgehead atoms. The molecule has 7 heteroatoms. The van der Waals surface area contributed by atoms with Crippen molar-refractivity contribution < 1.29 is 14.1 Å². The van der Waals surface area contributed by atoms with E-state index in [1.165, 1.54) is 0 Å². The first kappa shape index (κ1) is 16.1. The number of fused-ring (bicyclic) bond motifs is 1. The zero-order chi connectivity index (χ0) is 17.4. The minimum Gasteiger partial charge on any atom is -0.399 e. The van der Waals surface area contributed by atoms with E-state index >= 15 is 0 Å². The molecule has 1 aliphatic carbocycles. The van der Waals surface area contributed by atoms with Crippen molar-refractivity contribution in [2.75, 3.05) is 25.4 Å². The summed E-state index contributed by atoms with van der Waals surface area (Å²) < 4.78 is 11.2. The molecule has 0 unspecified atom stereocenters. The maximum Gasteiger partial charge on any atom is 0.276 e. The van der Waals surface area contributed by atoms with Crippen LogP contribution in [0.5, 0.6) is 0 Å². The second-order valence-electron chi connectivity index (χ2n) is 6.72. The van der Waals surface area contributed by atoms with Crippen LogP contribution >= 0.6 is 0 Å². The van der Waals surface area contributed by atoms with Crippen LogP contribution in [0, 0.1) is 6.92 Å². The van der Waals surface area contributed by atoms with Gasteiger partial charge in [-0.1, -0.05) is 5.16 Å². The zero-order valence-corrected chi connectivity index (χ0v) is 14.3. The van der Waals surface area contributed by atoms with Crippen molar-refractivity contribution in [1.29, 1.82) is 0 Å². The Kier molecular flexibility index (Phi) is 4.17. The van der Waals surface area contributed by atoms with Crippen molar-refractivity contribution in [3.8, 4) is 0 Å². The highest BCUT2D eigenvalue weighted by atomic mass is 16.5. The molecule has 0 radical (unpaired) electrons. The number of rotatable bonds is 2. The first-order valence-electron chi connectivity index (χ1n) is 8.74. The Bertz CT molecular complexity index is 781. The molecule has 2 N–H and O–H groups in total. The molecule has 1 atom stereocenters. The standard InChI is InChI=1S/C18H22N4O3/c1-11-8-12(19)9-14(20-11)16-10-22(6-7-24-16)18(23)17-13-4-2-3-5-15(13)25-21-17/h8-9,16H,2-7,10H2,1H3,(H2,19,20)/t16-/m1/s1. The second kappa shape index (κ2) is 6.48. The molecule has 4 rings (SSSR count). The lowest BCUT2D eigenvalue weighted by molar-refractivity contribution is -0.0250. The van der Waals surface area contributed by atoms with E-state index in [1.807, 2.05) is 19.1 Å². The van der Waals surface area contributed by atoms with Crippen LogP contribution < -0.4 is 5.73 Å². The smallest absolute Gasteiger partial charge is 0.276 e. The number of ether oxygens (including phenoxy) is 1. The number of morpholine rings is 1. The number of anilines is 1. The number of hydrogen-bond acceptors (Lipinski definition) is 6. The number of aryl methyl sites for hydroxylation is 2. The van der Waals surface area contributed by atoms with Gasteiger partial charge < -0.3 is 19.9 Å². The van der Waals surface area contributed by atoms with Crippen molar-refractivity contribution in [3.63, 3.8) is 0 Å². The number of carbonyl (C=O) groups is 1. The Labute approximate surface area is 146 Å². The summed E-state index contributed by atoms with van der Waals surface area (Å²) in [6.45, 7) is 3.34. The Hall–Kier alpha value is -2.41. The van der Waals surface area contributed by atoms with Crippen molar-refractivity contribution in [2.24, 2.45) is 0 Å². The summed E-state index contributed by atoms with van der Waals surface area (Å²) in [4.78, 5) is 19.2. The summed E-state index contributed by atoms with van der Waals surface area (Å²) in [5.74, 6) is 0.786. The molecule has 2 aromatic rings. The third-order valence-corrected chi connectivity index (χ3v) is 4.83. The molecular weight excluding hydrogens is 320 g/mol. The summed E-state index contributed by atoms with van der Waals surface area (Å²) in [5, 5.41) is 4.06. The van der Waals surface area contributed by atoms with Crippen LogP contribution in [0.2, 0.25) is 0 Å². The molecule has 1 fully saturated rings. The molecule has 1 aliphatic heterocycles. The lowest BCUT2D eigenvalue weighted by Gasteiger charge is -2.32. The minimum absolute atomic E-state index is 0.0826. The van der Waals surface area contributed by atoms with E-state index in [0.717, 1.165) is 48.4 Å². The molecule has 25 heavy (non-hydrogen) atoms. The number of nitrogens with zero attached hydrogens (tertiary/aromatic N) is 3. The van der Waals surface area contributed by atoms with Gasteiger partial charge in [0.2, 0.25) is 0 Å². The fraction of sp³-hybridized carbons (Fsp3) is 0.500. The first-order valence-corrected chi connectivity index (χ1v) is 8.74. The maximum atomic E-state index is 12.9. The number of pyridine rings is 1. The van der Waals surface area contributed by atoms with Crippen LogP contribution in [0.15, 0.2) is 16.7 Å². The van der Waals surface area contributed by atoms with E-state index in [9.17, 15) is 4.79 Å². The molecule has 1 saturated heterocycles. The minimum atomic E-state index is -0.275. The molecule has 2 aliphatic rings. The Balaban J connectivity index is 1.55. The molecular formula is C18H22N4O3. The van der Waals surface area contributed by atoms with Crippen molar-refractivity contribution in [1.82, 2.24) is 15.0 Å². The second-order valence-corrected chi connectivity index (χ2v) is 6.72. The highest BCUT2D eigenvalue weighted by Gasteiger charge is 2.31. The van der Waals surface area contributed by atoms with Crippen LogP contribution in [0.25, 0.3) is 0 Å². The number of nitrogen functional groups attached to an aromatic ring is 1. The van der Waals surface area contributed by atoms with Gasteiger partial charge in [-0.3, -0.25) is 9.78 Å². The van der Waals surface area contributed by atoms with Crippen LogP contribution in [0.3, 0.4) is 0 Å². The Morgan fingerprint density at radius 2 is 2.16 bits per heavy atom. The van der Waals surface area contributed by atoms with Gasteiger partial charge in [-0.15, -0.1) is 0 Å². The SMILES string of the molecule is Cc1cc(N)cc([C@H]2CN(C(=O)c3noc4c3CCCC4)CCO2)n1. The van der Waals surface area contributed by atoms with Gasteiger partial charge in [0.05, 0.1) is 18.8 Å². The average Bonchev–Trinajstić information content (AvgIpc) is 3.04. The highest BCUT2D eigenvalue weighted by Crippen LogP contribution is 2.27. The van der Waals surface area contributed by atoms with Gasteiger partial charge in [0.25, 0.3) is 5.91 Å². The summed E-state index contributed by atoms with van der Waals surface area (Å²) in [6, 6.07) is 3.63. The van der Waals surface area contributed by atoms with E-state index < -0.39 is 0 Å². The predicted octanol–water partition coefficient (Wildman–Crippen LogP) is 2.05. The average molecular weight is 342 g/mol. The Morgan fingerprint density at radius 3 is 3.00 bits per heavy atom. The summed E-state index contributed by atoms with van der Waals surface area (Å²) in [7, 11) is 0. The van der Waals surface area contributed by atoms with Gasteiger partial charge in [-0.05, 0) is 38.3 Å². The Morgan fingerprint density at radius 1 is 1.32 bits per heavy atom. The monoisotopic (exact) mass is 342 g/mol. The van der Waals surface area contributed by atoms with Crippen LogP contribution in [0.1, 0.15) is 52.1 Å². The largest absolute Gasteiger partial charge is 0.399 e. The van der Waals surface area contributed by atoms with E-state index in [2.05, 4.69) is 10.1 Å². The number of amides is 1. The first-order chi connectivity index (χ1) is 12.1. The number of aromatic nitrogens is 2. The fourth-order valence-corrected chi connectivity index (χ4v) is 3.60. The summed E-state index contributed by atoms with van der Waals surface area (Å²) in [5.41, 5.74) is 9.62. The maximum absolute atomic E-state index is 12.9. The van der Waals surface area contributed by atoms with E-state index in [4.69, 9.17) is 15.0 Å². The van der Waals surface area contributed by atoms with Gasteiger partial charge >= 0.3 is 0 Å². The van der Waals surface area contributed by atoms with Gasteiger partial charge in [-0.2, -0.15) is 0 Å². The predicted molar refractivity (Wildman–Crippen MR) is 91.1 cm³/mol.